The van der Waals surface area contributed by atoms with Gasteiger partial charge in [0, 0.05) is 0 Å². The van der Waals surface area contributed by atoms with Crippen molar-refractivity contribution in [3.63, 3.8) is 0 Å². The molecule has 0 rings (SSSR count). The number of carboxylic acids is 1. The Balaban J connectivity index is 5.24. The minimum atomic E-state index is -1.18. The number of aliphatic carboxylic acids is 1. The molecule has 0 radical (unpaired) electrons. The van der Waals surface area contributed by atoms with Crippen LogP contribution in [0.4, 0.5) is 0 Å². The Hall–Kier alpha value is -2.20. The van der Waals surface area contributed by atoms with Crippen molar-refractivity contribution >= 4 is 23.7 Å². The average molecular weight is 430 g/mol. The third-order valence-corrected chi connectivity index (χ3v) is 4.62. The summed E-state index contributed by atoms with van der Waals surface area (Å²) in [5.74, 6) is -2.75. The molecule has 4 atom stereocenters. The van der Waals surface area contributed by atoms with Crippen molar-refractivity contribution in [2.24, 2.45) is 23.3 Å². The molecule has 0 saturated heterocycles. The first-order chi connectivity index (χ1) is 13.9. The monoisotopic (exact) mass is 429 g/mol. The van der Waals surface area contributed by atoms with Crippen LogP contribution in [0.5, 0.6) is 0 Å². The van der Waals surface area contributed by atoms with E-state index in [-0.39, 0.29) is 11.8 Å². The predicted octanol–water partition coefficient (Wildman–Crippen LogP) is -0.296. The number of carboxylic acid groups (broad SMARTS) is 1. The van der Waals surface area contributed by atoms with E-state index in [1.807, 2.05) is 13.8 Å². The number of hydrogen-bond donors (Lipinski definition) is 6. The van der Waals surface area contributed by atoms with E-state index in [0.717, 1.165) is 0 Å². The first-order valence-electron chi connectivity index (χ1n) is 10.5. The number of nitrogens with one attached hydrogen (secondary N) is 3. The summed E-state index contributed by atoms with van der Waals surface area (Å²) in [4.78, 5) is 48.7. The smallest absolute Gasteiger partial charge is 0.325 e. The van der Waals surface area contributed by atoms with Crippen molar-refractivity contribution in [1.82, 2.24) is 16.0 Å². The standard InChI is InChI=1S/C20H39N5O5/c1-11(2)10-14(22)17(26)25-16(12(3)4)19(28)24-15(8-6-7-9-21)18(27)23-13(5)20(29)30/h11-16H,6-10,21-22H2,1-5H3,(H,23,27)(H,24,28)(H,25,26)(H,29,30). The third-order valence-electron chi connectivity index (χ3n) is 4.62. The fraction of sp³-hybridized carbons (Fsp3) is 0.800. The molecule has 0 heterocycles. The molecule has 0 fully saturated rings. The molecule has 0 aromatic rings. The summed E-state index contributed by atoms with van der Waals surface area (Å²) in [6, 6.07) is -3.65. The van der Waals surface area contributed by atoms with Gasteiger partial charge in [0.15, 0.2) is 0 Å². The maximum Gasteiger partial charge on any atom is 0.325 e. The van der Waals surface area contributed by atoms with E-state index < -0.39 is 47.9 Å². The largest absolute Gasteiger partial charge is 0.480 e. The molecule has 8 N–H and O–H groups in total. The van der Waals surface area contributed by atoms with Crippen LogP contribution in [0, 0.1) is 11.8 Å². The van der Waals surface area contributed by atoms with Gasteiger partial charge < -0.3 is 32.5 Å². The Bertz CT molecular complexity index is 582. The van der Waals surface area contributed by atoms with Gasteiger partial charge in [0.25, 0.3) is 0 Å². The number of amides is 3. The molecule has 0 aromatic heterocycles. The summed E-state index contributed by atoms with van der Waals surface area (Å²) in [5, 5.41) is 16.7. The zero-order valence-corrected chi connectivity index (χ0v) is 18.7. The van der Waals surface area contributed by atoms with Crippen molar-refractivity contribution < 1.29 is 24.3 Å². The third kappa shape index (κ3) is 10.5. The molecular formula is C20H39N5O5. The Labute approximate surface area is 178 Å². The van der Waals surface area contributed by atoms with Crippen molar-refractivity contribution in [3.05, 3.63) is 0 Å². The molecule has 174 valence electrons. The second-order valence-electron chi connectivity index (χ2n) is 8.38. The number of unbranched alkanes of at least 4 members (excludes halogenated alkanes) is 1. The molecule has 0 bridgehead atoms. The van der Waals surface area contributed by atoms with E-state index in [4.69, 9.17) is 16.6 Å². The first kappa shape index (κ1) is 27.8. The van der Waals surface area contributed by atoms with Crippen LogP contribution in [0.15, 0.2) is 0 Å². The van der Waals surface area contributed by atoms with Gasteiger partial charge in [0.1, 0.15) is 18.1 Å². The summed E-state index contributed by atoms with van der Waals surface area (Å²) in [5.41, 5.74) is 11.4. The van der Waals surface area contributed by atoms with Crippen molar-refractivity contribution in [2.45, 2.75) is 84.5 Å². The summed E-state index contributed by atoms with van der Waals surface area (Å²) >= 11 is 0. The van der Waals surface area contributed by atoms with Gasteiger partial charge in [-0.15, -0.1) is 0 Å². The van der Waals surface area contributed by atoms with Gasteiger partial charge in [-0.05, 0) is 51.0 Å². The van der Waals surface area contributed by atoms with Crippen LogP contribution < -0.4 is 27.4 Å². The van der Waals surface area contributed by atoms with Gasteiger partial charge in [0.05, 0.1) is 6.04 Å². The van der Waals surface area contributed by atoms with Crippen molar-refractivity contribution in [1.29, 1.82) is 0 Å². The molecule has 0 aliphatic rings. The lowest BCUT2D eigenvalue weighted by Crippen LogP contribution is -2.58. The first-order valence-corrected chi connectivity index (χ1v) is 10.5. The van der Waals surface area contributed by atoms with E-state index in [1.54, 1.807) is 13.8 Å². The van der Waals surface area contributed by atoms with Gasteiger partial charge >= 0.3 is 5.97 Å². The maximum atomic E-state index is 12.8. The molecule has 0 aliphatic heterocycles. The minimum Gasteiger partial charge on any atom is -0.480 e. The van der Waals surface area contributed by atoms with Crippen LogP contribution >= 0.6 is 0 Å². The average Bonchev–Trinajstić information content (AvgIpc) is 2.63. The van der Waals surface area contributed by atoms with Crippen molar-refractivity contribution in [3.8, 4) is 0 Å². The fourth-order valence-electron chi connectivity index (χ4n) is 2.81. The molecule has 0 aliphatic carbocycles. The zero-order chi connectivity index (χ0) is 23.4. The molecule has 10 nitrogen and oxygen atoms in total. The predicted molar refractivity (Wildman–Crippen MR) is 114 cm³/mol. The summed E-state index contributed by atoms with van der Waals surface area (Å²) in [7, 11) is 0. The normalized spacial score (nSPS) is 15.2. The zero-order valence-electron chi connectivity index (χ0n) is 18.7. The Morgan fingerprint density at radius 3 is 1.93 bits per heavy atom. The van der Waals surface area contributed by atoms with E-state index >= 15 is 0 Å². The van der Waals surface area contributed by atoms with Crippen LogP contribution in [-0.2, 0) is 19.2 Å². The summed E-state index contributed by atoms with van der Waals surface area (Å²) in [6.07, 6.45) is 2.01. The van der Waals surface area contributed by atoms with E-state index in [2.05, 4.69) is 16.0 Å². The molecule has 30 heavy (non-hydrogen) atoms. The number of carbonyl (C=O) groups excluding carboxylic acids is 3. The molecule has 10 heteroatoms. The molecule has 3 amide bonds. The molecular weight excluding hydrogens is 390 g/mol. The Kier molecular flexibility index (Phi) is 12.9. The highest BCUT2D eigenvalue weighted by molar-refractivity contribution is 5.94. The number of hydrogen-bond acceptors (Lipinski definition) is 6. The molecule has 0 spiro atoms. The van der Waals surface area contributed by atoms with Gasteiger partial charge in [-0.1, -0.05) is 27.7 Å². The molecule has 0 saturated carbocycles. The molecule has 0 aromatic carbocycles. The SMILES string of the molecule is CC(C)CC(N)C(=O)NC(C(=O)NC(CCCCN)C(=O)NC(C)C(=O)O)C(C)C. The van der Waals surface area contributed by atoms with Crippen LogP contribution in [0.25, 0.3) is 0 Å². The fourth-order valence-corrected chi connectivity index (χ4v) is 2.81. The highest BCUT2D eigenvalue weighted by atomic mass is 16.4. The Morgan fingerprint density at radius 1 is 0.867 bits per heavy atom. The summed E-state index contributed by atoms with van der Waals surface area (Å²) < 4.78 is 0. The minimum absolute atomic E-state index is 0.226. The van der Waals surface area contributed by atoms with Gasteiger partial charge in [-0.25, -0.2) is 0 Å². The van der Waals surface area contributed by atoms with Crippen LogP contribution in [0.1, 0.15) is 60.3 Å². The number of carbonyl (C=O) groups is 4. The van der Waals surface area contributed by atoms with E-state index in [0.29, 0.717) is 32.2 Å². The highest BCUT2D eigenvalue weighted by Crippen LogP contribution is 2.08. The lowest BCUT2D eigenvalue weighted by atomic mass is 9.99. The highest BCUT2D eigenvalue weighted by Gasteiger charge is 2.30. The lowest BCUT2D eigenvalue weighted by Gasteiger charge is -2.27. The second kappa shape index (κ2) is 13.9. The number of nitrogens with two attached hydrogens (primary N) is 2. The van der Waals surface area contributed by atoms with Gasteiger partial charge in [-0.2, -0.15) is 0 Å². The topological polar surface area (TPSA) is 177 Å². The van der Waals surface area contributed by atoms with Crippen LogP contribution in [0.3, 0.4) is 0 Å². The van der Waals surface area contributed by atoms with E-state index in [1.165, 1.54) is 6.92 Å². The Morgan fingerprint density at radius 2 is 1.47 bits per heavy atom. The lowest BCUT2D eigenvalue weighted by molar-refractivity contribution is -0.142. The van der Waals surface area contributed by atoms with E-state index in [9.17, 15) is 19.2 Å². The van der Waals surface area contributed by atoms with Gasteiger partial charge in [-0.3, -0.25) is 19.2 Å². The number of rotatable bonds is 14. The van der Waals surface area contributed by atoms with Crippen LogP contribution in [-0.4, -0.2) is 59.5 Å². The summed E-state index contributed by atoms with van der Waals surface area (Å²) in [6.45, 7) is 9.21. The van der Waals surface area contributed by atoms with Crippen LogP contribution in [0.2, 0.25) is 0 Å². The van der Waals surface area contributed by atoms with Gasteiger partial charge in [0.2, 0.25) is 17.7 Å². The molecule has 4 unspecified atom stereocenters. The quantitative estimate of drug-likeness (QED) is 0.205. The second-order valence-corrected chi connectivity index (χ2v) is 8.38. The van der Waals surface area contributed by atoms with Crippen molar-refractivity contribution in [2.75, 3.05) is 6.54 Å². The maximum absolute atomic E-state index is 12.8.